The van der Waals surface area contributed by atoms with E-state index in [1.807, 2.05) is 25.2 Å². The van der Waals surface area contributed by atoms with Gasteiger partial charge in [0.1, 0.15) is 0 Å². The molecule has 0 bridgehead atoms. The molecule has 0 heterocycles. The lowest BCUT2D eigenvalue weighted by atomic mass is 9.95. The van der Waals surface area contributed by atoms with Crippen molar-refractivity contribution in [1.82, 2.24) is 0 Å². The Bertz CT molecular complexity index is 131. The second-order valence-electron chi connectivity index (χ2n) is 2.50. The molecule has 0 aromatic heterocycles. The molecule has 0 aliphatic heterocycles. The monoisotopic (exact) mass is 109 g/mol. The average Bonchev–Trinajstić information content (AvgIpc) is 1.65. The predicted octanol–water partition coefficient (Wildman–Crippen LogP) is 1.22. The van der Waals surface area contributed by atoms with Crippen LogP contribution in [0.4, 0.5) is 0 Å². The predicted molar refractivity (Wildman–Crippen MR) is 35.5 cm³/mol. The van der Waals surface area contributed by atoms with E-state index < -0.39 is 0 Å². The average molecular weight is 109 g/mol. The van der Waals surface area contributed by atoms with E-state index in [9.17, 15) is 0 Å². The van der Waals surface area contributed by atoms with E-state index in [4.69, 9.17) is 5.73 Å². The lowest BCUT2D eigenvalue weighted by molar-refractivity contribution is 0.589. The van der Waals surface area contributed by atoms with Crippen molar-refractivity contribution in [2.24, 2.45) is 5.73 Å². The Morgan fingerprint density at radius 2 is 2.25 bits per heavy atom. The highest BCUT2D eigenvalue weighted by Gasteiger charge is 2.12. The highest BCUT2D eigenvalue weighted by atomic mass is 14.7. The molecule has 0 aromatic carbocycles. The zero-order chi connectivity index (χ0) is 6.04. The molecule has 0 unspecified atom stereocenters. The molecule has 2 N–H and O–H groups in total. The minimum absolute atomic E-state index is 0.0885. The van der Waals surface area contributed by atoms with E-state index >= 15 is 0 Å². The summed E-state index contributed by atoms with van der Waals surface area (Å²) in [6, 6.07) is 0. The van der Waals surface area contributed by atoms with E-state index in [2.05, 4.69) is 6.08 Å². The molecule has 44 valence electrons. The van der Waals surface area contributed by atoms with E-state index in [0.29, 0.717) is 0 Å². The largest absolute Gasteiger partial charge is 0.322 e. The maximum atomic E-state index is 5.74. The third-order valence-electron chi connectivity index (χ3n) is 1.28. The Morgan fingerprint density at radius 1 is 1.50 bits per heavy atom. The molecule has 1 rings (SSSR count). The summed E-state index contributed by atoms with van der Waals surface area (Å²) in [5.74, 6) is 0. The molecule has 1 heteroatoms. The normalized spacial score (nSPS) is 35.8. The van der Waals surface area contributed by atoms with Gasteiger partial charge in [0.15, 0.2) is 0 Å². The van der Waals surface area contributed by atoms with Crippen molar-refractivity contribution in [3.63, 3.8) is 0 Å². The molecule has 0 amide bonds. The lowest BCUT2D eigenvalue weighted by Gasteiger charge is -2.19. The smallest absolute Gasteiger partial charge is 0.0348 e. The van der Waals surface area contributed by atoms with Crippen LogP contribution in [-0.2, 0) is 0 Å². The molecule has 1 aliphatic rings. The SMILES string of the molecule is C[C@@]1(N)C=CC=CC1. The highest BCUT2D eigenvalue weighted by molar-refractivity contribution is 5.18. The second-order valence-corrected chi connectivity index (χ2v) is 2.50. The molecular formula is C7H11N. The summed E-state index contributed by atoms with van der Waals surface area (Å²) in [5, 5.41) is 0. The van der Waals surface area contributed by atoms with Gasteiger partial charge in [0.2, 0.25) is 0 Å². The maximum absolute atomic E-state index is 5.74. The van der Waals surface area contributed by atoms with Gasteiger partial charge in [0, 0.05) is 5.54 Å². The third kappa shape index (κ3) is 1.20. The Labute approximate surface area is 49.9 Å². The van der Waals surface area contributed by atoms with Gasteiger partial charge < -0.3 is 5.73 Å². The quantitative estimate of drug-likeness (QED) is 0.497. The maximum Gasteiger partial charge on any atom is 0.0348 e. The van der Waals surface area contributed by atoms with Crippen molar-refractivity contribution in [3.05, 3.63) is 24.3 Å². The molecule has 1 atom stereocenters. The highest BCUT2D eigenvalue weighted by Crippen LogP contribution is 2.11. The first kappa shape index (κ1) is 5.57. The van der Waals surface area contributed by atoms with Crippen LogP contribution in [0.1, 0.15) is 13.3 Å². The van der Waals surface area contributed by atoms with Gasteiger partial charge in [-0.3, -0.25) is 0 Å². The van der Waals surface area contributed by atoms with Gasteiger partial charge in [-0.1, -0.05) is 24.3 Å². The molecule has 1 aliphatic carbocycles. The van der Waals surface area contributed by atoms with Gasteiger partial charge in [0.05, 0.1) is 0 Å². The fourth-order valence-corrected chi connectivity index (χ4v) is 0.744. The van der Waals surface area contributed by atoms with Gasteiger partial charge in [-0.2, -0.15) is 0 Å². The van der Waals surface area contributed by atoms with E-state index in [1.54, 1.807) is 0 Å². The third-order valence-corrected chi connectivity index (χ3v) is 1.28. The number of nitrogens with two attached hydrogens (primary N) is 1. The van der Waals surface area contributed by atoms with Gasteiger partial charge in [0.25, 0.3) is 0 Å². The minimum atomic E-state index is -0.0885. The van der Waals surface area contributed by atoms with Crippen LogP contribution in [0.25, 0.3) is 0 Å². The molecule has 0 radical (unpaired) electrons. The fourth-order valence-electron chi connectivity index (χ4n) is 0.744. The zero-order valence-electron chi connectivity index (χ0n) is 5.09. The molecule has 1 nitrogen and oxygen atoms in total. The van der Waals surface area contributed by atoms with E-state index in [0.717, 1.165) is 6.42 Å². The number of allylic oxidation sites excluding steroid dienone is 2. The zero-order valence-corrected chi connectivity index (χ0v) is 5.09. The van der Waals surface area contributed by atoms with Crippen molar-refractivity contribution in [3.8, 4) is 0 Å². The number of hydrogen-bond acceptors (Lipinski definition) is 1. The fraction of sp³-hybridized carbons (Fsp3) is 0.429. The lowest BCUT2D eigenvalue weighted by Crippen LogP contribution is -2.33. The Balaban J connectivity index is 2.65. The van der Waals surface area contributed by atoms with Crippen LogP contribution >= 0.6 is 0 Å². The molecule has 0 fully saturated rings. The molecule has 8 heavy (non-hydrogen) atoms. The summed E-state index contributed by atoms with van der Waals surface area (Å²) in [4.78, 5) is 0. The Kier molecular flexibility index (Phi) is 1.22. The first-order valence-electron chi connectivity index (χ1n) is 2.84. The van der Waals surface area contributed by atoms with Gasteiger partial charge >= 0.3 is 0 Å². The second kappa shape index (κ2) is 1.75. The van der Waals surface area contributed by atoms with Crippen LogP contribution in [0, 0.1) is 0 Å². The van der Waals surface area contributed by atoms with Crippen LogP contribution in [0.3, 0.4) is 0 Å². The molecule has 0 aromatic rings. The van der Waals surface area contributed by atoms with E-state index in [-0.39, 0.29) is 5.54 Å². The number of hydrogen-bond donors (Lipinski definition) is 1. The van der Waals surface area contributed by atoms with Gasteiger partial charge in [-0.15, -0.1) is 0 Å². The van der Waals surface area contributed by atoms with Crippen LogP contribution in [0.2, 0.25) is 0 Å². The number of rotatable bonds is 0. The van der Waals surface area contributed by atoms with Crippen LogP contribution < -0.4 is 5.73 Å². The molecule has 0 saturated heterocycles. The molecular weight excluding hydrogens is 98.1 g/mol. The van der Waals surface area contributed by atoms with Crippen molar-refractivity contribution < 1.29 is 0 Å². The first-order valence-corrected chi connectivity index (χ1v) is 2.84. The van der Waals surface area contributed by atoms with E-state index in [1.165, 1.54) is 0 Å². The summed E-state index contributed by atoms with van der Waals surface area (Å²) < 4.78 is 0. The van der Waals surface area contributed by atoms with Crippen molar-refractivity contribution in [1.29, 1.82) is 0 Å². The topological polar surface area (TPSA) is 26.0 Å². The summed E-state index contributed by atoms with van der Waals surface area (Å²) in [5.41, 5.74) is 5.65. The van der Waals surface area contributed by atoms with Crippen molar-refractivity contribution in [2.75, 3.05) is 0 Å². The van der Waals surface area contributed by atoms with Crippen LogP contribution in [-0.4, -0.2) is 5.54 Å². The minimum Gasteiger partial charge on any atom is -0.322 e. The summed E-state index contributed by atoms with van der Waals surface area (Å²) in [6.45, 7) is 2.02. The van der Waals surface area contributed by atoms with Crippen LogP contribution in [0.15, 0.2) is 24.3 Å². The van der Waals surface area contributed by atoms with Crippen LogP contribution in [0.5, 0.6) is 0 Å². The Morgan fingerprint density at radius 3 is 2.50 bits per heavy atom. The summed E-state index contributed by atoms with van der Waals surface area (Å²) >= 11 is 0. The molecule has 0 saturated carbocycles. The standard InChI is InChI=1S/C7H11N/c1-7(8)5-3-2-4-6-7/h2-5H,6,8H2,1H3/t7-/m1/s1. The molecule has 0 spiro atoms. The first-order chi connectivity index (χ1) is 3.71. The van der Waals surface area contributed by atoms with Crippen molar-refractivity contribution >= 4 is 0 Å². The summed E-state index contributed by atoms with van der Waals surface area (Å²) in [6.07, 6.45) is 9.08. The van der Waals surface area contributed by atoms with Crippen molar-refractivity contribution in [2.45, 2.75) is 18.9 Å². The Hall–Kier alpha value is -0.560. The van der Waals surface area contributed by atoms with Gasteiger partial charge in [-0.25, -0.2) is 0 Å². The van der Waals surface area contributed by atoms with Gasteiger partial charge in [-0.05, 0) is 13.3 Å². The summed E-state index contributed by atoms with van der Waals surface area (Å²) in [7, 11) is 0.